The van der Waals surface area contributed by atoms with E-state index < -0.39 is 0 Å². The van der Waals surface area contributed by atoms with Crippen molar-refractivity contribution < 1.29 is 4.79 Å². The van der Waals surface area contributed by atoms with Gasteiger partial charge in [0.05, 0.1) is 5.02 Å². The third kappa shape index (κ3) is 3.03. The van der Waals surface area contributed by atoms with Gasteiger partial charge in [-0.2, -0.15) is 0 Å². The maximum atomic E-state index is 11.0. The van der Waals surface area contributed by atoms with Crippen molar-refractivity contribution >= 4 is 41.2 Å². The first-order valence-electron chi connectivity index (χ1n) is 4.88. The van der Waals surface area contributed by atoms with Gasteiger partial charge in [0.2, 0.25) is 0 Å². The Balaban J connectivity index is 2.33. The van der Waals surface area contributed by atoms with Gasteiger partial charge in [-0.05, 0) is 36.4 Å². The number of carbonyl (C=O) groups excluding carboxylic acids is 1. The lowest BCUT2D eigenvalue weighted by Gasteiger charge is -2.05. The zero-order valence-corrected chi connectivity index (χ0v) is 11.0. The predicted molar refractivity (Wildman–Crippen MR) is 72.4 cm³/mol. The maximum Gasteiger partial charge on any atom is 0.152 e. The first-order chi connectivity index (χ1) is 8.20. The Hall–Kier alpha value is -0.960. The molecule has 17 heavy (non-hydrogen) atoms. The van der Waals surface area contributed by atoms with Crippen LogP contribution in [0.3, 0.4) is 0 Å². The van der Waals surface area contributed by atoms with Gasteiger partial charge in [0.25, 0.3) is 0 Å². The molecule has 0 bridgehead atoms. The molecule has 0 fully saturated rings. The fourth-order valence-corrected chi connectivity index (χ4v) is 2.69. The molecule has 0 unspecified atom stereocenters. The second-order valence-corrected chi connectivity index (χ2v) is 5.28. The smallest absolute Gasteiger partial charge is 0.152 e. The highest BCUT2D eigenvalue weighted by Crippen LogP contribution is 2.33. The van der Waals surface area contributed by atoms with Crippen molar-refractivity contribution in [3.8, 4) is 0 Å². The highest BCUT2D eigenvalue weighted by Gasteiger charge is 2.07. The van der Waals surface area contributed by atoms with Crippen LogP contribution in [-0.4, -0.2) is 6.29 Å². The predicted octanol–water partition coefficient (Wildman–Crippen LogP) is 4.96. The van der Waals surface area contributed by atoms with Gasteiger partial charge in [-0.1, -0.05) is 41.0 Å². The number of aldehydes is 1. The van der Waals surface area contributed by atoms with Crippen LogP contribution in [0, 0.1) is 0 Å². The summed E-state index contributed by atoms with van der Waals surface area (Å²) in [5.41, 5.74) is 0.522. The van der Waals surface area contributed by atoms with Crippen LogP contribution in [0.25, 0.3) is 0 Å². The van der Waals surface area contributed by atoms with Crippen LogP contribution in [0.2, 0.25) is 10.0 Å². The van der Waals surface area contributed by atoms with Crippen LogP contribution in [0.4, 0.5) is 0 Å². The lowest BCUT2D eigenvalue weighted by atomic mass is 10.2. The van der Waals surface area contributed by atoms with Gasteiger partial charge in [-0.3, -0.25) is 4.79 Å². The van der Waals surface area contributed by atoms with Gasteiger partial charge in [0.1, 0.15) is 0 Å². The number of hydrogen-bond donors (Lipinski definition) is 0. The summed E-state index contributed by atoms with van der Waals surface area (Å²) in [4.78, 5) is 12.8. The molecular formula is C13H8Cl2OS. The molecule has 0 heterocycles. The van der Waals surface area contributed by atoms with Gasteiger partial charge in [-0.25, -0.2) is 0 Å². The topological polar surface area (TPSA) is 17.1 Å². The molecule has 2 rings (SSSR count). The monoisotopic (exact) mass is 282 g/mol. The summed E-state index contributed by atoms with van der Waals surface area (Å²) in [6.07, 6.45) is 0.778. The lowest BCUT2D eigenvalue weighted by Crippen LogP contribution is -1.86. The SMILES string of the molecule is O=Cc1c(Cl)cccc1Sc1ccc(Cl)cc1. The Morgan fingerprint density at radius 1 is 1.00 bits per heavy atom. The van der Waals surface area contributed by atoms with E-state index in [2.05, 4.69) is 0 Å². The first kappa shape index (κ1) is 12.5. The van der Waals surface area contributed by atoms with E-state index in [9.17, 15) is 4.79 Å². The molecule has 1 nitrogen and oxygen atoms in total. The molecule has 0 aliphatic carbocycles. The first-order valence-corrected chi connectivity index (χ1v) is 6.45. The molecule has 0 aliphatic rings. The Morgan fingerprint density at radius 3 is 2.35 bits per heavy atom. The van der Waals surface area contributed by atoms with Crippen LogP contribution in [0.5, 0.6) is 0 Å². The van der Waals surface area contributed by atoms with Crippen molar-refractivity contribution in [2.24, 2.45) is 0 Å². The highest BCUT2D eigenvalue weighted by atomic mass is 35.5. The Bertz CT molecular complexity index is 538. The Kier molecular flexibility index (Phi) is 4.11. The summed E-state index contributed by atoms with van der Waals surface area (Å²) < 4.78 is 0. The minimum Gasteiger partial charge on any atom is -0.298 e. The van der Waals surface area contributed by atoms with Crippen LogP contribution >= 0.6 is 35.0 Å². The van der Waals surface area contributed by atoms with E-state index in [0.29, 0.717) is 15.6 Å². The molecule has 0 N–H and O–H groups in total. The molecule has 0 radical (unpaired) electrons. The van der Waals surface area contributed by atoms with Crippen molar-refractivity contribution in [1.82, 2.24) is 0 Å². The summed E-state index contributed by atoms with van der Waals surface area (Å²) >= 11 is 13.3. The molecule has 2 aromatic rings. The van der Waals surface area contributed by atoms with E-state index in [1.165, 1.54) is 11.8 Å². The zero-order chi connectivity index (χ0) is 12.3. The lowest BCUT2D eigenvalue weighted by molar-refractivity contribution is 0.112. The molecule has 0 amide bonds. The van der Waals surface area contributed by atoms with Gasteiger partial charge >= 0.3 is 0 Å². The summed E-state index contributed by atoms with van der Waals surface area (Å²) in [5.74, 6) is 0. The van der Waals surface area contributed by atoms with E-state index in [0.717, 1.165) is 16.1 Å². The molecule has 4 heteroatoms. The van der Waals surface area contributed by atoms with E-state index in [4.69, 9.17) is 23.2 Å². The van der Waals surface area contributed by atoms with Crippen molar-refractivity contribution in [2.75, 3.05) is 0 Å². The van der Waals surface area contributed by atoms with Crippen molar-refractivity contribution in [1.29, 1.82) is 0 Å². The number of carbonyl (C=O) groups is 1. The fraction of sp³-hybridized carbons (Fsp3) is 0. The molecule has 0 saturated heterocycles. The number of benzene rings is 2. The number of hydrogen-bond acceptors (Lipinski definition) is 2. The normalized spacial score (nSPS) is 10.2. The molecule has 0 aliphatic heterocycles. The van der Waals surface area contributed by atoms with E-state index in [1.54, 1.807) is 6.07 Å². The minimum absolute atomic E-state index is 0.471. The quantitative estimate of drug-likeness (QED) is 0.741. The summed E-state index contributed by atoms with van der Waals surface area (Å²) in [6.45, 7) is 0. The van der Waals surface area contributed by atoms with Crippen molar-refractivity contribution in [3.63, 3.8) is 0 Å². The molecular weight excluding hydrogens is 275 g/mol. The summed E-state index contributed by atoms with van der Waals surface area (Å²) in [6, 6.07) is 12.8. The number of rotatable bonds is 3. The number of halogens is 2. The fourth-order valence-electron chi connectivity index (χ4n) is 1.35. The van der Waals surface area contributed by atoms with E-state index in [1.807, 2.05) is 36.4 Å². The van der Waals surface area contributed by atoms with Crippen molar-refractivity contribution in [3.05, 3.63) is 58.1 Å². The molecule has 0 saturated carbocycles. The third-order valence-corrected chi connectivity index (χ3v) is 3.84. The highest BCUT2D eigenvalue weighted by molar-refractivity contribution is 7.99. The third-order valence-electron chi connectivity index (χ3n) is 2.17. The molecule has 0 spiro atoms. The van der Waals surface area contributed by atoms with E-state index >= 15 is 0 Å². The van der Waals surface area contributed by atoms with Crippen LogP contribution in [0.15, 0.2) is 52.3 Å². The van der Waals surface area contributed by atoms with Gasteiger partial charge in [0, 0.05) is 20.4 Å². The van der Waals surface area contributed by atoms with Gasteiger partial charge in [0.15, 0.2) is 6.29 Å². The summed E-state index contributed by atoms with van der Waals surface area (Å²) in [5, 5.41) is 1.16. The van der Waals surface area contributed by atoms with Gasteiger partial charge in [-0.15, -0.1) is 0 Å². The molecule has 86 valence electrons. The Morgan fingerprint density at radius 2 is 1.71 bits per heavy atom. The summed E-state index contributed by atoms with van der Waals surface area (Å²) in [7, 11) is 0. The zero-order valence-electron chi connectivity index (χ0n) is 8.69. The average Bonchev–Trinajstić information content (AvgIpc) is 2.32. The maximum absolute atomic E-state index is 11.0. The van der Waals surface area contributed by atoms with Crippen LogP contribution in [-0.2, 0) is 0 Å². The second kappa shape index (κ2) is 5.58. The molecule has 0 aromatic heterocycles. The average molecular weight is 283 g/mol. The van der Waals surface area contributed by atoms with Crippen LogP contribution in [0.1, 0.15) is 10.4 Å². The van der Waals surface area contributed by atoms with Crippen LogP contribution < -0.4 is 0 Å². The Labute approximate surface area is 114 Å². The second-order valence-electron chi connectivity index (χ2n) is 3.33. The molecule has 0 atom stereocenters. The molecule has 2 aromatic carbocycles. The minimum atomic E-state index is 0.471. The van der Waals surface area contributed by atoms with E-state index in [-0.39, 0.29) is 0 Å². The van der Waals surface area contributed by atoms with Crippen molar-refractivity contribution in [2.45, 2.75) is 9.79 Å². The standard InChI is InChI=1S/C13H8Cl2OS/c14-9-4-6-10(7-5-9)17-13-3-1-2-12(15)11(13)8-16/h1-8H. The van der Waals surface area contributed by atoms with Gasteiger partial charge < -0.3 is 0 Å². The largest absolute Gasteiger partial charge is 0.298 e.